The smallest absolute Gasteiger partial charge is 0.269 e. The van der Waals surface area contributed by atoms with Crippen molar-refractivity contribution < 1.29 is 9.72 Å². The van der Waals surface area contributed by atoms with E-state index in [1.165, 1.54) is 24.3 Å². The van der Waals surface area contributed by atoms with Gasteiger partial charge in [0.1, 0.15) is 5.37 Å². The predicted molar refractivity (Wildman–Crippen MR) is 93.5 cm³/mol. The lowest BCUT2D eigenvalue weighted by atomic mass is 10.1. The van der Waals surface area contributed by atoms with Gasteiger partial charge in [-0.15, -0.1) is 11.8 Å². The molecular weight excluding hydrogens is 380 g/mol. The Morgan fingerprint density at radius 1 is 1.17 bits per heavy atom. The van der Waals surface area contributed by atoms with Crippen LogP contribution in [-0.4, -0.2) is 28.0 Å². The highest BCUT2D eigenvalue weighted by Crippen LogP contribution is 2.39. The first kappa shape index (κ1) is 16.0. The van der Waals surface area contributed by atoms with Crippen LogP contribution >= 0.6 is 27.7 Å². The molecule has 0 spiro atoms. The highest BCUT2D eigenvalue weighted by molar-refractivity contribution is 9.10. The van der Waals surface area contributed by atoms with Gasteiger partial charge in [-0.3, -0.25) is 14.9 Å². The van der Waals surface area contributed by atoms with Crippen molar-refractivity contribution in [2.45, 2.75) is 5.37 Å². The zero-order valence-corrected chi connectivity index (χ0v) is 14.4. The number of carbonyl (C=O) groups is 1. The quantitative estimate of drug-likeness (QED) is 0.578. The summed E-state index contributed by atoms with van der Waals surface area (Å²) in [7, 11) is 0. The maximum absolute atomic E-state index is 12.7. The maximum atomic E-state index is 12.7. The number of thioether (sulfide) groups is 1. The average Bonchev–Trinajstić information content (AvgIpc) is 3.04. The standard InChI is InChI=1S/C16H13BrN2O3S/c17-13-5-1-12(2-6-13)16-18(9-10-23-16)15(20)11-3-7-14(8-4-11)19(21)22/h1-8,16H,9-10H2/t16-/m1/s1. The Bertz CT molecular complexity index is 734. The van der Waals surface area contributed by atoms with Crippen LogP contribution in [0, 0.1) is 10.1 Å². The second-order valence-electron chi connectivity index (χ2n) is 5.08. The molecule has 1 amide bonds. The van der Waals surface area contributed by atoms with E-state index in [2.05, 4.69) is 15.9 Å². The lowest BCUT2D eigenvalue weighted by Crippen LogP contribution is -2.30. The van der Waals surface area contributed by atoms with Crippen molar-refractivity contribution in [2.24, 2.45) is 0 Å². The molecule has 1 heterocycles. The third kappa shape index (κ3) is 3.40. The van der Waals surface area contributed by atoms with Crippen molar-refractivity contribution in [3.05, 3.63) is 74.2 Å². The van der Waals surface area contributed by atoms with Crippen LogP contribution in [0.15, 0.2) is 53.0 Å². The Labute approximate surface area is 146 Å². The second kappa shape index (κ2) is 6.72. The van der Waals surface area contributed by atoms with Gasteiger partial charge in [0.05, 0.1) is 4.92 Å². The van der Waals surface area contributed by atoms with Gasteiger partial charge in [0.25, 0.3) is 11.6 Å². The number of nitro benzene ring substituents is 1. The van der Waals surface area contributed by atoms with E-state index < -0.39 is 4.92 Å². The molecule has 0 radical (unpaired) electrons. The number of benzene rings is 2. The largest absolute Gasteiger partial charge is 0.322 e. The molecule has 0 aliphatic carbocycles. The summed E-state index contributed by atoms with van der Waals surface area (Å²) in [6.07, 6.45) is 0. The number of amides is 1. The number of nitrogens with zero attached hydrogens (tertiary/aromatic N) is 2. The van der Waals surface area contributed by atoms with Crippen LogP contribution in [0.5, 0.6) is 0 Å². The second-order valence-corrected chi connectivity index (χ2v) is 7.18. The summed E-state index contributed by atoms with van der Waals surface area (Å²) >= 11 is 5.13. The SMILES string of the molecule is O=C(c1ccc([N+](=O)[O-])cc1)N1CCS[C@@H]1c1ccc(Br)cc1. The van der Waals surface area contributed by atoms with Crippen LogP contribution in [0.1, 0.15) is 21.3 Å². The molecule has 0 aromatic heterocycles. The third-order valence-corrected chi connectivity index (χ3v) is 5.42. The van der Waals surface area contributed by atoms with Gasteiger partial charge in [0, 0.05) is 34.5 Å². The average molecular weight is 393 g/mol. The van der Waals surface area contributed by atoms with Crippen LogP contribution < -0.4 is 0 Å². The summed E-state index contributed by atoms with van der Waals surface area (Å²) in [6.45, 7) is 0.668. The van der Waals surface area contributed by atoms with Gasteiger partial charge in [-0.25, -0.2) is 0 Å². The van der Waals surface area contributed by atoms with Gasteiger partial charge >= 0.3 is 0 Å². The molecule has 0 saturated carbocycles. The molecule has 7 heteroatoms. The maximum Gasteiger partial charge on any atom is 0.269 e. The summed E-state index contributed by atoms with van der Waals surface area (Å²) in [5.41, 5.74) is 1.54. The first-order valence-corrected chi connectivity index (χ1v) is 8.83. The van der Waals surface area contributed by atoms with E-state index >= 15 is 0 Å². The van der Waals surface area contributed by atoms with Crippen LogP contribution in [0.2, 0.25) is 0 Å². The molecule has 2 aromatic carbocycles. The van der Waals surface area contributed by atoms with E-state index in [0.29, 0.717) is 12.1 Å². The number of rotatable bonds is 3. The van der Waals surface area contributed by atoms with Crippen molar-refractivity contribution >= 4 is 39.3 Å². The third-order valence-electron chi connectivity index (χ3n) is 3.63. The first-order valence-electron chi connectivity index (χ1n) is 6.99. The number of hydrogen-bond donors (Lipinski definition) is 0. The number of halogens is 1. The first-order chi connectivity index (χ1) is 11.1. The van der Waals surface area contributed by atoms with Crippen molar-refractivity contribution in [3.8, 4) is 0 Å². The van der Waals surface area contributed by atoms with Crippen LogP contribution in [0.3, 0.4) is 0 Å². The molecule has 5 nitrogen and oxygen atoms in total. The molecular formula is C16H13BrN2O3S. The Hall–Kier alpha value is -1.86. The van der Waals surface area contributed by atoms with Gasteiger partial charge in [-0.05, 0) is 29.8 Å². The van der Waals surface area contributed by atoms with Crippen LogP contribution in [-0.2, 0) is 0 Å². The zero-order chi connectivity index (χ0) is 16.4. The fourth-order valence-electron chi connectivity index (χ4n) is 2.47. The Kier molecular flexibility index (Phi) is 4.68. The zero-order valence-electron chi connectivity index (χ0n) is 12.0. The lowest BCUT2D eigenvalue weighted by molar-refractivity contribution is -0.384. The van der Waals surface area contributed by atoms with E-state index in [-0.39, 0.29) is 17.0 Å². The molecule has 118 valence electrons. The Morgan fingerprint density at radius 3 is 2.43 bits per heavy atom. The summed E-state index contributed by atoms with van der Waals surface area (Å²) in [4.78, 5) is 24.8. The molecule has 1 aliphatic rings. The number of nitro groups is 1. The van der Waals surface area contributed by atoms with E-state index in [4.69, 9.17) is 0 Å². The minimum absolute atomic E-state index is 0.0122. The van der Waals surface area contributed by atoms with E-state index in [0.717, 1.165) is 15.8 Å². The summed E-state index contributed by atoms with van der Waals surface area (Å²) in [5, 5.41) is 10.7. The van der Waals surface area contributed by atoms with Gasteiger partial charge in [0.2, 0.25) is 0 Å². The van der Waals surface area contributed by atoms with Gasteiger partial charge in [-0.2, -0.15) is 0 Å². The molecule has 1 aliphatic heterocycles. The summed E-state index contributed by atoms with van der Waals surface area (Å²) in [6, 6.07) is 13.7. The fourth-order valence-corrected chi connectivity index (χ4v) is 3.99. The molecule has 2 aromatic rings. The molecule has 0 bridgehead atoms. The number of non-ortho nitro benzene ring substituents is 1. The van der Waals surface area contributed by atoms with Crippen LogP contribution in [0.4, 0.5) is 5.69 Å². The fraction of sp³-hybridized carbons (Fsp3) is 0.188. The minimum Gasteiger partial charge on any atom is -0.322 e. The molecule has 0 N–H and O–H groups in total. The molecule has 3 rings (SSSR count). The Morgan fingerprint density at radius 2 is 1.83 bits per heavy atom. The van der Waals surface area contributed by atoms with Gasteiger partial charge in [0.15, 0.2) is 0 Å². The van der Waals surface area contributed by atoms with Crippen molar-refractivity contribution in [2.75, 3.05) is 12.3 Å². The predicted octanol–water partition coefficient (Wildman–Crippen LogP) is 4.25. The highest BCUT2D eigenvalue weighted by Gasteiger charge is 2.31. The number of hydrogen-bond acceptors (Lipinski definition) is 4. The molecule has 1 saturated heterocycles. The summed E-state index contributed by atoms with van der Waals surface area (Å²) in [5.74, 6) is 0.775. The van der Waals surface area contributed by atoms with Crippen molar-refractivity contribution in [1.29, 1.82) is 0 Å². The van der Waals surface area contributed by atoms with Crippen LogP contribution in [0.25, 0.3) is 0 Å². The van der Waals surface area contributed by atoms with Gasteiger partial charge in [-0.1, -0.05) is 28.1 Å². The van der Waals surface area contributed by atoms with E-state index in [1.54, 1.807) is 11.8 Å². The molecule has 23 heavy (non-hydrogen) atoms. The topological polar surface area (TPSA) is 63.4 Å². The summed E-state index contributed by atoms with van der Waals surface area (Å²) < 4.78 is 0.998. The van der Waals surface area contributed by atoms with Gasteiger partial charge < -0.3 is 4.90 Å². The van der Waals surface area contributed by atoms with E-state index in [1.807, 2.05) is 29.2 Å². The molecule has 1 atom stereocenters. The van der Waals surface area contributed by atoms with E-state index in [9.17, 15) is 14.9 Å². The molecule has 0 unspecified atom stereocenters. The normalized spacial score (nSPS) is 17.3. The molecule has 1 fully saturated rings. The monoisotopic (exact) mass is 392 g/mol. The van der Waals surface area contributed by atoms with Crippen molar-refractivity contribution in [3.63, 3.8) is 0 Å². The number of carbonyl (C=O) groups excluding carboxylic acids is 1. The lowest BCUT2D eigenvalue weighted by Gasteiger charge is -2.24. The highest BCUT2D eigenvalue weighted by atomic mass is 79.9. The Balaban J connectivity index is 1.82. The minimum atomic E-state index is -0.468. The van der Waals surface area contributed by atoms with Crippen molar-refractivity contribution in [1.82, 2.24) is 4.90 Å².